The van der Waals surface area contributed by atoms with Crippen LogP contribution in [0.3, 0.4) is 0 Å². The van der Waals surface area contributed by atoms with E-state index in [1.54, 1.807) is 24.0 Å². The lowest BCUT2D eigenvalue weighted by atomic mass is 10.2. The Morgan fingerprint density at radius 3 is 2.73 bits per heavy atom. The van der Waals surface area contributed by atoms with Crippen molar-refractivity contribution in [2.45, 2.75) is 10.9 Å². The van der Waals surface area contributed by atoms with Crippen LogP contribution in [0.5, 0.6) is 0 Å². The number of nitrogens with zero attached hydrogens (tertiary/aromatic N) is 3. The number of thioether (sulfide) groups is 1. The van der Waals surface area contributed by atoms with E-state index in [0.717, 1.165) is 22.7 Å². The lowest BCUT2D eigenvalue weighted by Crippen LogP contribution is -1.84. The average molecular weight is 329 g/mol. The molecule has 0 aliphatic heterocycles. The molecule has 0 spiro atoms. The fourth-order valence-corrected chi connectivity index (χ4v) is 2.63. The van der Waals surface area contributed by atoms with Crippen molar-refractivity contribution >= 4 is 35.5 Å². The molecule has 1 aromatic carbocycles. The lowest BCUT2D eigenvalue weighted by Gasteiger charge is -1.97. The fraction of sp³-hybridized carbons (Fsp3) is 0.0625. The first kappa shape index (κ1) is 14.8. The van der Waals surface area contributed by atoms with Gasteiger partial charge in [-0.05, 0) is 23.3 Å². The second kappa shape index (κ2) is 7.24. The van der Waals surface area contributed by atoms with Gasteiger partial charge in [0, 0.05) is 11.9 Å². The van der Waals surface area contributed by atoms with Crippen LogP contribution < -0.4 is 0 Å². The van der Waals surface area contributed by atoms with Gasteiger partial charge in [0.05, 0.1) is 0 Å². The van der Waals surface area contributed by atoms with Crippen LogP contribution in [0.4, 0.5) is 0 Å². The Balaban J connectivity index is 1.59. The first-order valence-corrected chi connectivity index (χ1v) is 8.05. The van der Waals surface area contributed by atoms with Gasteiger partial charge in [-0.25, -0.2) is 9.97 Å². The van der Waals surface area contributed by atoms with Crippen LogP contribution >= 0.6 is 23.4 Å². The van der Waals surface area contributed by atoms with Gasteiger partial charge in [0.2, 0.25) is 5.16 Å². The summed E-state index contributed by atoms with van der Waals surface area (Å²) in [5, 5.41) is 8.32. The number of aromatic amines is 1. The molecule has 110 valence electrons. The van der Waals surface area contributed by atoms with Crippen molar-refractivity contribution in [3.8, 4) is 0 Å². The van der Waals surface area contributed by atoms with E-state index in [-0.39, 0.29) is 0 Å². The smallest absolute Gasteiger partial charge is 0.209 e. The van der Waals surface area contributed by atoms with Crippen molar-refractivity contribution in [1.29, 1.82) is 0 Å². The number of benzene rings is 1. The Bertz CT molecular complexity index is 753. The Hall–Kier alpha value is -2.11. The summed E-state index contributed by atoms with van der Waals surface area (Å²) in [5.74, 6) is 1.49. The molecular weight excluding hydrogens is 316 g/mol. The Kier molecular flexibility index (Phi) is 4.88. The zero-order valence-corrected chi connectivity index (χ0v) is 13.2. The van der Waals surface area contributed by atoms with Crippen molar-refractivity contribution in [3.05, 3.63) is 70.8 Å². The summed E-state index contributed by atoms with van der Waals surface area (Å²) in [5.41, 5.74) is 2.21. The summed E-state index contributed by atoms with van der Waals surface area (Å²) < 4.78 is 0. The molecule has 2 heterocycles. The quantitative estimate of drug-likeness (QED) is 0.560. The normalized spacial score (nSPS) is 11.1. The maximum atomic E-state index is 5.76. The van der Waals surface area contributed by atoms with Crippen LogP contribution in [0.25, 0.3) is 12.2 Å². The number of hydrogen-bond acceptors (Lipinski definition) is 4. The van der Waals surface area contributed by atoms with Gasteiger partial charge in [-0.3, -0.25) is 5.10 Å². The highest BCUT2D eigenvalue weighted by atomic mass is 35.5. The van der Waals surface area contributed by atoms with Gasteiger partial charge in [0.1, 0.15) is 11.0 Å². The number of aromatic nitrogens is 4. The van der Waals surface area contributed by atoms with Crippen molar-refractivity contribution in [2.24, 2.45) is 0 Å². The molecule has 0 fully saturated rings. The largest absolute Gasteiger partial charge is 0.259 e. The van der Waals surface area contributed by atoms with E-state index in [1.165, 1.54) is 0 Å². The van der Waals surface area contributed by atoms with Gasteiger partial charge in [-0.1, -0.05) is 65.8 Å². The maximum Gasteiger partial charge on any atom is 0.209 e. The third kappa shape index (κ3) is 4.19. The van der Waals surface area contributed by atoms with Crippen LogP contribution in [0.1, 0.15) is 17.0 Å². The molecular formula is C16H13ClN4S. The molecule has 0 atom stereocenters. The molecule has 3 rings (SSSR count). The van der Waals surface area contributed by atoms with E-state index in [0.29, 0.717) is 10.3 Å². The van der Waals surface area contributed by atoms with Gasteiger partial charge >= 0.3 is 0 Å². The molecule has 0 bridgehead atoms. The zero-order valence-electron chi connectivity index (χ0n) is 11.6. The number of H-pyrrole nitrogens is 1. The third-order valence-corrected chi connectivity index (χ3v) is 4.01. The molecule has 0 radical (unpaired) electrons. The fourth-order valence-electron chi connectivity index (χ4n) is 1.78. The minimum atomic E-state index is 0.500. The van der Waals surface area contributed by atoms with Crippen molar-refractivity contribution in [2.75, 3.05) is 0 Å². The first-order chi connectivity index (χ1) is 10.8. The van der Waals surface area contributed by atoms with Crippen molar-refractivity contribution in [3.63, 3.8) is 0 Å². The summed E-state index contributed by atoms with van der Waals surface area (Å²) in [7, 11) is 0. The van der Waals surface area contributed by atoms with Gasteiger partial charge < -0.3 is 0 Å². The van der Waals surface area contributed by atoms with Gasteiger partial charge in [-0.2, -0.15) is 0 Å². The number of halogens is 1. The molecule has 0 saturated carbocycles. The van der Waals surface area contributed by atoms with E-state index in [4.69, 9.17) is 11.6 Å². The Morgan fingerprint density at radius 1 is 1.09 bits per heavy atom. The van der Waals surface area contributed by atoms with E-state index >= 15 is 0 Å². The van der Waals surface area contributed by atoms with Crippen molar-refractivity contribution < 1.29 is 0 Å². The van der Waals surface area contributed by atoms with E-state index in [2.05, 4.69) is 20.2 Å². The van der Waals surface area contributed by atoms with Gasteiger partial charge in [-0.15, -0.1) is 5.10 Å². The van der Waals surface area contributed by atoms with Crippen LogP contribution in [0, 0.1) is 0 Å². The molecule has 3 aromatic rings. The minimum Gasteiger partial charge on any atom is -0.259 e. The molecule has 0 aliphatic rings. The lowest BCUT2D eigenvalue weighted by molar-refractivity contribution is 0.972. The Labute approximate surface area is 137 Å². The summed E-state index contributed by atoms with van der Waals surface area (Å²) >= 11 is 7.31. The number of nitrogens with one attached hydrogen (secondary N) is 1. The van der Waals surface area contributed by atoms with E-state index in [1.807, 2.05) is 48.6 Å². The summed E-state index contributed by atoms with van der Waals surface area (Å²) in [6.45, 7) is 0. The highest BCUT2D eigenvalue weighted by Crippen LogP contribution is 2.19. The highest BCUT2D eigenvalue weighted by molar-refractivity contribution is 7.98. The molecule has 0 unspecified atom stereocenters. The number of rotatable bonds is 5. The van der Waals surface area contributed by atoms with Crippen LogP contribution in [0.2, 0.25) is 5.15 Å². The predicted molar refractivity (Wildman–Crippen MR) is 90.6 cm³/mol. The maximum absolute atomic E-state index is 5.76. The van der Waals surface area contributed by atoms with Crippen LogP contribution in [-0.2, 0) is 5.75 Å². The molecule has 6 heteroatoms. The molecule has 22 heavy (non-hydrogen) atoms. The van der Waals surface area contributed by atoms with Crippen molar-refractivity contribution in [1.82, 2.24) is 20.2 Å². The van der Waals surface area contributed by atoms with E-state index in [9.17, 15) is 0 Å². The number of pyridine rings is 1. The van der Waals surface area contributed by atoms with Gasteiger partial charge in [0.25, 0.3) is 0 Å². The number of hydrogen-bond donors (Lipinski definition) is 1. The minimum absolute atomic E-state index is 0.500. The molecule has 0 amide bonds. The van der Waals surface area contributed by atoms with E-state index < -0.39 is 0 Å². The molecule has 0 aliphatic carbocycles. The van der Waals surface area contributed by atoms with Gasteiger partial charge in [0.15, 0.2) is 0 Å². The highest BCUT2D eigenvalue weighted by Gasteiger charge is 2.03. The summed E-state index contributed by atoms with van der Waals surface area (Å²) in [4.78, 5) is 8.47. The third-order valence-electron chi connectivity index (χ3n) is 2.87. The predicted octanol–water partition coefficient (Wildman–Crippen LogP) is 4.32. The molecule has 4 nitrogen and oxygen atoms in total. The van der Waals surface area contributed by atoms with Crippen LogP contribution in [0.15, 0.2) is 53.8 Å². The second-order valence-electron chi connectivity index (χ2n) is 4.53. The second-order valence-corrected chi connectivity index (χ2v) is 5.85. The molecule has 0 saturated heterocycles. The standard InChI is InChI=1S/C16H13ClN4S/c17-14-8-6-13(10-18-14)11-22-16-19-15(20-21-16)9-7-12-4-2-1-3-5-12/h1-10H,11H2,(H,19,20,21)/b9-7+. The first-order valence-electron chi connectivity index (χ1n) is 6.68. The summed E-state index contributed by atoms with van der Waals surface area (Å²) in [6.07, 6.45) is 5.67. The Morgan fingerprint density at radius 2 is 1.95 bits per heavy atom. The summed E-state index contributed by atoms with van der Waals surface area (Å²) in [6, 6.07) is 13.8. The SMILES string of the molecule is Clc1ccc(CSc2n[nH]c(/C=C/c3ccccc3)n2)cn1. The van der Waals surface area contributed by atoms with Crippen LogP contribution in [-0.4, -0.2) is 20.2 Å². The molecule has 2 aromatic heterocycles. The monoisotopic (exact) mass is 328 g/mol. The average Bonchev–Trinajstić information content (AvgIpc) is 3.01. The topological polar surface area (TPSA) is 54.5 Å². The molecule has 1 N–H and O–H groups in total. The zero-order chi connectivity index (χ0) is 15.2.